The second-order valence-electron chi connectivity index (χ2n) is 6.91. The van der Waals surface area contributed by atoms with E-state index in [1.165, 1.54) is 49.4 Å². The number of sulfonamides is 1. The van der Waals surface area contributed by atoms with Gasteiger partial charge in [-0.3, -0.25) is 9.52 Å². The van der Waals surface area contributed by atoms with Crippen LogP contribution in [0.3, 0.4) is 0 Å². The van der Waals surface area contributed by atoms with E-state index in [9.17, 15) is 30.0 Å². The summed E-state index contributed by atoms with van der Waals surface area (Å²) in [5.74, 6) is -0.938. The summed E-state index contributed by atoms with van der Waals surface area (Å²) in [6, 6.07) is 10.7. The molecule has 0 radical (unpaired) electrons. The average molecular weight is 473 g/mol. The highest BCUT2D eigenvalue weighted by atomic mass is 32.2. The fourth-order valence-corrected chi connectivity index (χ4v) is 8.64. The Morgan fingerprint density at radius 1 is 0.967 bits per heavy atom. The van der Waals surface area contributed by atoms with Crippen LogP contribution in [0.25, 0.3) is 0 Å². The van der Waals surface area contributed by atoms with Crippen LogP contribution in [-0.4, -0.2) is 47.9 Å². The zero-order chi connectivity index (χ0) is 22.2. The van der Waals surface area contributed by atoms with E-state index < -0.39 is 40.7 Å². The van der Waals surface area contributed by atoms with Crippen molar-refractivity contribution in [1.29, 1.82) is 0 Å². The summed E-state index contributed by atoms with van der Waals surface area (Å²) in [4.78, 5) is 10.5. The maximum Gasteiger partial charge on any atom is 0.261 e. The van der Waals surface area contributed by atoms with Gasteiger partial charge < -0.3 is 5.32 Å². The number of hydrogen-bond donors (Lipinski definition) is 2. The molecule has 1 saturated heterocycles. The van der Waals surface area contributed by atoms with Crippen LogP contribution in [0.15, 0.2) is 58.3 Å². The summed E-state index contributed by atoms with van der Waals surface area (Å²) in [5, 5.41) is 1.47. The van der Waals surface area contributed by atoms with Gasteiger partial charge in [0.05, 0.1) is 26.5 Å². The molecule has 2 aromatic carbocycles. The molecule has 1 heterocycles. The summed E-state index contributed by atoms with van der Waals surface area (Å²) in [7, 11) is -11.5. The minimum atomic E-state index is -4.10. The van der Waals surface area contributed by atoms with Crippen molar-refractivity contribution in [3.8, 4) is 0 Å². The fraction of sp³-hybridized carbons (Fsp3) is 0.278. The smallest absolute Gasteiger partial charge is 0.261 e. The SMILES string of the molecule is CC(=O)Nc1ccc(NS(=O)(=O)c2cccc(S(=O)(=O)C3CCS(=O)(=O)C3)c2)cc1. The Morgan fingerprint density at radius 2 is 1.57 bits per heavy atom. The molecule has 3 rings (SSSR count). The number of benzene rings is 2. The maximum absolute atomic E-state index is 12.8. The van der Waals surface area contributed by atoms with E-state index in [2.05, 4.69) is 10.0 Å². The van der Waals surface area contributed by atoms with Gasteiger partial charge in [0, 0.05) is 18.3 Å². The molecule has 1 amide bonds. The molecule has 2 aromatic rings. The van der Waals surface area contributed by atoms with Crippen molar-refractivity contribution in [3.05, 3.63) is 48.5 Å². The summed E-state index contributed by atoms with van der Waals surface area (Å²) in [5.41, 5.74) is 0.712. The average Bonchev–Trinajstić information content (AvgIpc) is 3.03. The lowest BCUT2D eigenvalue weighted by Crippen LogP contribution is -2.23. The molecule has 0 saturated carbocycles. The Hall–Kier alpha value is -2.44. The van der Waals surface area contributed by atoms with E-state index in [1.807, 2.05) is 0 Å². The van der Waals surface area contributed by atoms with Gasteiger partial charge in [-0.25, -0.2) is 25.3 Å². The fourth-order valence-electron chi connectivity index (χ4n) is 3.06. The van der Waals surface area contributed by atoms with Crippen molar-refractivity contribution >= 4 is 47.0 Å². The molecule has 1 unspecified atom stereocenters. The van der Waals surface area contributed by atoms with Gasteiger partial charge in [0.2, 0.25) is 5.91 Å². The zero-order valence-corrected chi connectivity index (χ0v) is 18.3. The number of amides is 1. The number of nitrogens with one attached hydrogen (secondary N) is 2. The number of anilines is 2. The van der Waals surface area contributed by atoms with Crippen molar-refractivity contribution in [2.45, 2.75) is 28.4 Å². The first kappa shape index (κ1) is 22.2. The van der Waals surface area contributed by atoms with E-state index >= 15 is 0 Å². The number of carbonyl (C=O) groups excluding carboxylic acids is 1. The van der Waals surface area contributed by atoms with Crippen molar-refractivity contribution in [2.75, 3.05) is 21.5 Å². The van der Waals surface area contributed by atoms with Crippen LogP contribution in [0, 0.1) is 0 Å². The lowest BCUT2D eigenvalue weighted by atomic mass is 10.3. The Kier molecular flexibility index (Phi) is 5.94. The van der Waals surface area contributed by atoms with E-state index in [0.717, 1.165) is 6.07 Å². The molecule has 1 atom stereocenters. The predicted octanol–water partition coefficient (Wildman–Crippen LogP) is 1.41. The Labute approximate surface area is 175 Å². The maximum atomic E-state index is 12.8. The van der Waals surface area contributed by atoms with Gasteiger partial charge in [0.25, 0.3) is 10.0 Å². The molecule has 0 aliphatic carbocycles. The quantitative estimate of drug-likeness (QED) is 0.647. The molecule has 0 bridgehead atoms. The molecule has 0 spiro atoms. The first-order chi connectivity index (χ1) is 13.9. The number of sulfone groups is 2. The van der Waals surface area contributed by atoms with Crippen LogP contribution in [0.5, 0.6) is 0 Å². The minimum absolute atomic E-state index is 0.0134. The summed E-state index contributed by atoms with van der Waals surface area (Å²) < 4.78 is 76.6. The first-order valence-electron chi connectivity index (χ1n) is 8.84. The molecule has 9 nitrogen and oxygen atoms in total. The molecule has 30 heavy (non-hydrogen) atoms. The van der Waals surface area contributed by atoms with Crippen LogP contribution in [0.1, 0.15) is 13.3 Å². The molecule has 0 aromatic heterocycles. The Bertz CT molecular complexity index is 1280. The molecular weight excluding hydrogens is 452 g/mol. The van der Waals surface area contributed by atoms with Crippen LogP contribution in [0.4, 0.5) is 11.4 Å². The molecule has 1 aliphatic heterocycles. The number of carbonyl (C=O) groups is 1. The van der Waals surface area contributed by atoms with Gasteiger partial charge >= 0.3 is 0 Å². The Balaban J connectivity index is 1.85. The van der Waals surface area contributed by atoms with Crippen molar-refractivity contribution in [2.24, 2.45) is 0 Å². The molecule has 162 valence electrons. The van der Waals surface area contributed by atoms with E-state index in [4.69, 9.17) is 0 Å². The van der Waals surface area contributed by atoms with Crippen molar-refractivity contribution in [1.82, 2.24) is 0 Å². The van der Waals surface area contributed by atoms with Crippen LogP contribution >= 0.6 is 0 Å². The second-order valence-corrected chi connectivity index (χ2v) is 13.0. The van der Waals surface area contributed by atoms with Crippen LogP contribution in [-0.2, 0) is 34.5 Å². The normalized spacial score (nSPS) is 18.6. The molecule has 2 N–H and O–H groups in total. The summed E-state index contributed by atoms with van der Waals surface area (Å²) in [6.45, 7) is 1.35. The monoisotopic (exact) mass is 472 g/mol. The van der Waals surface area contributed by atoms with Gasteiger partial charge in [-0.2, -0.15) is 0 Å². The minimum Gasteiger partial charge on any atom is -0.326 e. The molecule has 1 aliphatic rings. The summed E-state index contributed by atoms with van der Waals surface area (Å²) in [6.07, 6.45) is -0.0134. The van der Waals surface area contributed by atoms with E-state index in [0.29, 0.717) is 5.69 Å². The highest BCUT2D eigenvalue weighted by Gasteiger charge is 2.38. The highest BCUT2D eigenvalue weighted by Crippen LogP contribution is 2.27. The zero-order valence-electron chi connectivity index (χ0n) is 15.9. The lowest BCUT2D eigenvalue weighted by Gasteiger charge is -2.13. The molecular formula is C18H20N2O7S3. The van der Waals surface area contributed by atoms with Crippen LogP contribution < -0.4 is 10.0 Å². The second kappa shape index (κ2) is 8.00. The third-order valence-corrected chi connectivity index (χ3v) is 10.1. The van der Waals surface area contributed by atoms with Gasteiger partial charge in [0.1, 0.15) is 0 Å². The van der Waals surface area contributed by atoms with Crippen molar-refractivity contribution < 1.29 is 30.0 Å². The van der Waals surface area contributed by atoms with Gasteiger partial charge in [-0.1, -0.05) is 6.07 Å². The third kappa shape index (κ3) is 4.99. The van der Waals surface area contributed by atoms with Gasteiger partial charge in [-0.15, -0.1) is 0 Å². The summed E-state index contributed by atoms with van der Waals surface area (Å²) >= 11 is 0. The molecule has 1 fully saturated rings. The largest absolute Gasteiger partial charge is 0.326 e. The van der Waals surface area contributed by atoms with Crippen LogP contribution in [0.2, 0.25) is 0 Å². The lowest BCUT2D eigenvalue weighted by molar-refractivity contribution is -0.114. The third-order valence-electron chi connectivity index (χ3n) is 4.53. The van der Waals surface area contributed by atoms with Gasteiger partial charge in [0.15, 0.2) is 19.7 Å². The highest BCUT2D eigenvalue weighted by molar-refractivity contribution is 7.96. The Morgan fingerprint density at radius 3 is 2.13 bits per heavy atom. The molecule has 12 heteroatoms. The first-order valence-corrected chi connectivity index (χ1v) is 13.7. The topological polar surface area (TPSA) is 144 Å². The van der Waals surface area contributed by atoms with Crippen molar-refractivity contribution in [3.63, 3.8) is 0 Å². The number of hydrogen-bond acceptors (Lipinski definition) is 7. The van der Waals surface area contributed by atoms with E-state index in [-0.39, 0.29) is 33.6 Å². The standard InChI is InChI=1S/C18H20N2O7S3/c1-13(21)19-14-5-7-15(8-6-14)20-30(26,27)17-4-2-3-16(11-17)29(24,25)18-9-10-28(22,23)12-18/h2-8,11,18,20H,9-10,12H2,1H3,(H,19,21). The predicted molar refractivity (Wildman–Crippen MR) is 112 cm³/mol. The number of rotatable bonds is 6. The van der Waals surface area contributed by atoms with E-state index in [1.54, 1.807) is 0 Å². The van der Waals surface area contributed by atoms with Gasteiger partial charge in [-0.05, 0) is 48.9 Å².